The Labute approximate surface area is 113 Å². The summed E-state index contributed by atoms with van der Waals surface area (Å²) < 4.78 is 0. The van der Waals surface area contributed by atoms with Crippen LogP contribution in [0.5, 0.6) is 0 Å². The molecule has 1 heterocycles. The average Bonchev–Trinajstić information content (AvgIpc) is 2.47. The summed E-state index contributed by atoms with van der Waals surface area (Å²) in [6.07, 6.45) is 1.13. The zero-order chi connectivity index (χ0) is 12.8. The summed E-state index contributed by atoms with van der Waals surface area (Å²) in [6, 6.07) is 18.2. The third-order valence-corrected chi connectivity index (χ3v) is 4.30. The van der Waals surface area contributed by atoms with Crippen molar-refractivity contribution in [2.75, 3.05) is 0 Å². The number of hydrogen-bond acceptors (Lipinski definition) is 1. The molecular weight excluding hydrogens is 230 g/mol. The molecular formula is C18H17N. The standard InChI is InChI=1S/C18H17N/c1-12-10-17-15-8-4-2-6-13(15)14-7-3-5-9-16(14)18(17)11-19-12/h2-9,12,19H,10-11H2,1H3. The van der Waals surface area contributed by atoms with Crippen molar-refractivity contribution < 1.29 is 0 Å². The van der Waals surface area contributed by atoms with Gasteiger partial charge in [-0.05, 0) is 46.0 Å². The molecule has 19 heavy (non-hydrogen) atoms. The largest absolute Gasteiger partial charge is 0.310 e. The van der Waals surface area contributed by atoms with Crippen molar-refractivity contribution in [2.45, 2.75) is 25.9 Å². The monoisotopic (exact) mass is 247 g/mol. The van der Waals surface area contributed by atoms with E-state index in [1.165, 1.54) is 27.1 Å². The summed E-state index contributed by atoms with van der Waals surface area (Å²) in [7, 11) is 0. The van der Waals surface area contributed by atoms with Gasteiger partial charge in [0.05, 0.1) is 0 Å². The van der Waals surface area contributed by atoms with E-state index < -0.39 is 0 Å². The van der Waals surface area contributed by atoms with Crippen molar-refractivity contribution in [1.82, 2.24) is 5.32 Å². The fraction of sp³-hybridized carbons (Fsp3) is 0.222. The van der Waals surface area contributed by atoms with E-state index in [0.29, 0.717) is 6.04 Å². The third-order valence-electron chi connectivity index (χ3n) is 4.30. The minimum absolute atomic E-state index is 0.567. The van der Waals surface area contributed by atoms with Gasteiger partial charge in [0.1, 0.15) is 0 Å². The van der Waals surface area contributed by atoms with Gasteiger partial charge in [-0.25, -0.2) is 0 Å². The summed E-state index contributed by atoms with van der Waals surface area (Å²) in [5.74, 6) is 0. The highest BCUT2D eigenvalue weighted by atomic mass is 14.9. The first kappa shape index (κ1) is 11.0. The van der Waals surface area contributed by atoms with Crippen LogP contribution >= 0.6 is 0 Å². The molecule has 0 spiro atoms. The normalized spacial score (nSPS) is 18.7. The predicted octanol–water partition coefficient (Wildman–Crippen LogP) is 4.03. The maximum atomic E-state index is 3.59. The fourth-order valence-corrected chi connectivity index (χ4v) is 3.38. The van der Waals surface area contributed by atoms with Crippen LogP contribution in [0, 0.1) is 0 Å². The van der Waals surface area contributed by atoms with E-state index in [-0.39, 0.29) is 0 Å². The Kier molecular flexibility index (Phi) is 2.36. The van der Waals surface area contributed by atoms with E-state index in [9.17, 15) is 0 Å². The molecule has 1 N–H and O–H groups in total. The molecule has 1 heteroatoms. The molecule has 0 saturated carbocycles. The zero-order valence-electron chi connectivity index (χ0n) is 11.1. The average molecular weight is 247 g/mol. The Morgan fingerprint density at radius 1 is 0.789 bits per heavy atom. The topological polar surface area (TPSA) is 12.0 Å². The Bertz CT molecular complexity index is 773. The Balaban J connectivity index is 2.22. The summed E-state index contributed by atoms with van der Waals surface area (Å²) in [5.41, 5.74) is 3.04. The van der Waals surface area contributed by atoms with E-state index in [4.69, 9.17) is 0 Å². The van der Waals surface area contributed by atoms with Gasteiger partial charge in [-0.3, -0.25) is 0 Å². The van der Waals surface area contributed by atoms with Gasteiger partial charge in [-0.2, -0.15) is 0 Å². The molecule has 3 aromatic rings. The number of benzene rings is 3. The van der Waals surface area contributed by atoms with Crippen molar-refractivity contribution in [3.8, 4) is 0 Å². The van der Waals surface area contributed by atoms with Gasteiger partial charge in [0.25, 0.3) is 0 Å². The van der Waals surface area contributed by atoms with E-state index in [0.717, 1.165) is 13.0 Å². The molecule has 1 unspecified atom stereocenters. The van der Waals surface area contributed by atoms with Crippen molar-refractivity contribution in [2.24, 2.45) is 0 Å². The molecule has 1 nitrogen and oxygen atoms in total. The van der Waals surface area contributed by atoms with Gasteiger partial charge in [-0.15, -0.1) is 0 Å². The van der Waals surface area contributed by atoms with Gasteiger partial charge < -0.3 is 5.32 Å². The first-order valence-electron chi connectivity index (χ1n) is 6.99. The van der Waals surface area contributed by atoms with E-state index in [2.05, 4.69) is 60.8 Å². The second-order valence-corrected chi connectivity index (χ2v) is 5.53. The predicted molar refractivity (Wildman–Crippen MR) is 81.5 cm³/mol. The molecule has 0 aliphatic carbocycles. The first-order valence-corrected chi connectivity index (χ1v) is 6.99. The molecule has 0 bridgehead atoms. The lowest BCUT2D eigenvalue weighted by molar-refractivity contribution is 0.518. The highest BCUT2D eigenvalue weighted by Gasteiger charge is 2.19. The molecule has 0 aromatic heterocycles. The number of rotatable bonds is 0. The molecule has 1 aliphatic heterocycles. The molecule has 0 fully saturated rings. The van der Waals surface area contributed by atoms with Gasteiger partial charge >= 0.3 is 0 Å². The lowest BCUT2D eigenvalue weighted by Crippen LogP contribution is -2.33. The van der Waals surface area contributed by atoms with E-state index >= 15 is 0 Å². The maximum Gasteiger partial charge on any atom is 0.0217 e. The minimum Gasteiger partial charge on any atom is -0.310 e. The van der Waals surface area contributed by atoms with E-state index in [1.54, 1.807) is 5.56 Å². The number of nitrogens with one attached hydrogen (secondary N) is 1. The van der Waals surface area contributed by atoms with Crippen molar-refractivity contribution in [3.05, 3.63) is 59.7 Å². The lowest BCUT2D eigenvalue weighted by atomic mass is 9.86. The molecule has 0 radical (unpaired) electrons. The molecule has 0 saturated heterocycles. The summed E-state index contributed by atoms with van der Waals surface area (Å²) in [6.45, 7) is 3.26. The van der Waals surface area contributed by atoms with Crippen LogP contribution in [-0.4, -0.2) is 6.04 Å². The summed E-state index contributed by atoms with van der Waals surface area (Å²) in [5, 5.41) is 9.22. The minimum atomic E-state index is 0.567. The van der Waals surface area contributed by atoms with Gasteiger partial charge in [0, 0.05) is 12.6 Å². The summed E-state index contributed by atoms with van der Waals surface area (Å²) in [4.78, 5) is 0. The third kappa shape index (κ3) is 1.58. The Morgan fingerprint density at radius 2 is 1.32 bits per heavy atom. The van der Waals surface area contributed by atoms with Crippen LogP contribution in [0.2, 0.25) is 0 Å². The Hall–Kier alpha value is -1.86. The fourth-order valence-electron chi connectivity index (χ4n) is 3.38. The van der Waals surface area contributed by atoms with Crippen molar-refractivity contribution in [3.63, 3.8) is 0 Å². The van der Waals surface area contributed by atoms with E-state index in [1.807, 2.05) is 0 Å². The maximum absolute atomic E-state index is 3.59. The zero-order valence-corrected chi connectivity index (χ0v) is 11.1. The highest BCUT2D eigenvalue weighted by Crippen LogP contribution is 2.35. The van der Waals surface area contributed by atoms with Crippen LogP contribution in [0.15, 0.2) is 48.5 Å². The number of hydrogen-bond donors (Lipinski definition) is 1. The smallest absolute Gasteiger partial charge is 0.0217 e. The van der Waals surface area contributed by atoms with Crippen LogP contribution < -0.4 is 5.32 Å². The van der Waals surface area contributed by atoms with Crippen LogP contribution in [0.4, 0.5) is 0 Å². The van der Waals surface area contributed by atoms with Crippen molar-refractivity contribution >= 4 is 21.5 Å². The Morgan fingerprint density at radius 3 is 1.95 bits per heavy atom. The second-order valence-electron chi connectivity index (χ2n) is 5.53. The van der Waals surface area contributed by atoms with Crippen LogP contribution in [0.25, 0.3) is 21.5 Å². The van der Waals surface area contributed by atoms with Gasteiger partial charge in [0.2, 0.25) is 0 Å². The second kappa shape index (κ2) is 4.07. The van der Waals surface area contributed by atoms with Crippen LogP contribution in [0.1, 0.15) is 18.1 Å². The van der Waals surface area contributed by atoms with Crippen LogP contribution in [0.3, 0.4) is 0 Å². The molecule has 94 valence electrons. The van der Waals surface area contributed by atoms with Crippen LogP contribution in [-0.2, 0) is 13.0 Å². The highest BCUT2D eigenvalue weighted by molar-refractivity contribution is 6.10. The molecule has 4 rings (SSSR count). The van der Waals surface area contributed by atoms with Gasteiger partial charge in [-0.1, -0.05) is 48.5 Å². The SMILES string of the molecule is CC1Cc2c(c3ccccc3c3ccccc23)CN1. The quantitative estimate of drug-likeness (QED) is 0.591. The first-order chi connectivity index (χ1) is 9.34. The molecule has 1 atom stereocenters. The lowest BCUT2D eigenvalue weighted by Gasteiger charge is -2.26. The molecule has 3 aromatic carbocycles. The molecule has 0 amide bonds. The van der Waals surface area contributed by atoms with Gasteiger partial charge in [0.15, 0.2) is 0 Å². The molecule has 1 aliphatic rings. The summed E-state index contributed by atoms with van der Waals surface area (Å²) >= 11 is 0. The number of fused-ring (bicyclic) bond motifs is 6. The van der Waals surface area contributed by atoms with Crippen molar-refractivity contribution in [1.29, 1.82) is 0 Å².